The third-order valence-corrected chi connectivity index (χ3v) is 9.00. The van der Waals surface area contributed by atoms with Gasteiger partial charge in [-0.05, 0) is 74.9 Å². The van der Waals surface area contributed by atoms with Gasteiger partial charge in [-0.1, -0.05) is 55.0 Å². The predicted molar refractivity (Wildman–Crippen MR) is 159 cm³/mol. The average molecular weight is 568 g/mol. The maximum atomic E-state index is 13.9. The standard InChI is InChI=1S/C30H37N3O4S2/c1-5-28(30(35)31-6-2)32(21-20-24-10-8-7-9-11-24)29(34)22-33(25-14-12-23(3)13-15-25)39(36,37)27-18-16-26(38-4)17-19-27/h7-19,28H,5-6,20-22H2,1-4H3,(H,31,35). The molecular weight excluding hydrogens is 530 g/mol. The monoisotopic (exact) mass is 567 g/mol. The molecule has 208 valence electrons. The van der Waals surface area contributed by atoms with E-state index < -0.39 is 28.5 Å². The molecule has 1 unspecified atom stereocenters. The summed E-state index contributed by atoms with van der Waals surface area (Å²) < 4.78 is 28.9. The minimum absolute atomic E-state index is 0.0975. The topological polar surface area (TPSA) is 86.8 Å². The largest absolute Gasteiger partial charge is 0.355 e. The Kier molecular flexibility index (Phi) is 11.0. The smallest absolute Gasteiger partial charge is 0.264 e. The summed E-state index contributed by atoms with van der Waals surface area (Å²) in [5.74, 6) is -0.687. The lowest BCUT2D eigenvalue weighted by Gasteiger charge is -2.33. The van der Waals surface area contributed by atoms with E-state index in [-0.39, 0.29) is 17.3 Å². The molecule has 3 aromatic rings. The first-order chi connectivity index (χ1) is 18.7. The van der Waals surface area contributed by atoms with E-state index in [1.807, 2.05) is 69.5 Å². The Morgan fingerprint density at radius 2 is 1.56 bits per heavy atom. The third-order valence-electron chi connectivity index (χ3n) is 6.47. The van der Waals surface area contributed by atoms with Gasteiger partial charge in [0.1, 0.15) is 12.6 Å². The lowest BCUT2D eigenvalue weighted by molar-refractivity contribution is -0.139. The van der Waals surface area contributed by atoms with Crippen molar-refractivity contribution in [3.8, 4) is 0 Å². The van der Waals surface area contributed by atoms with Gasteiger partial charge in [-0.15, -0.1) is 11.8 Å². The summed E-state index contributed by atoms with van der Waals surface area (Å²) in [6.45, 7) is 5.88. The molecule has 0 aliphatic heterocycles. The second-order valence-corrected chi connectivity index (χ2v) is 11.9. The predicted octanol–water partition coefficient (Wildman–Crippen LogP) is 4.90. The van der Waals surface area contributed by atoms with Gasteiger partial charge in [-0.2, -0.15) is 0 Å². The van der Waals surface area contributed by atoms with E-state index in [9.17, 15) is 18.0 Å². The quantitative estimate of drug-likeness (QED) is 0.297. The first kappa shape index (κ1) is 30.2. The zero-order valence-corrected chi connectivity index (χ0v) is 24.6. The number of hydrogen-bond donors (Lipinski definition) is 1. The molecule has 0 spiro atoms. The van der Waals surface area contributed by atoms with E-state index >= 15 is 0 Å². The van der Waals surface area contributed by atoms with Crippen molar-refractivity contribution in [1.29, 1.82) is 0 Å². The first-order valence-corrected chi connectivity index (χ1v) is 15.7. The zero-order valence-electron chi connectivity index (χ0n) is 23.0. The van der Waals surface area contributed by atoms with E-state index in [0.717, 1.165) is 20.3 Å². The highest BCUT2D eigenvalue weighted by Crippen LogP contribution is 2.26. The summed E-state index contributed by atoms with van der Waals surface area (Å²) in [5.41, 5.74) is 2.38. The highest BCUT2D eigenvalue weighted by molar-refractivity contribution is 7.98. The molecule has 39 heavy (non-hydrogen) atoms. The van der Waals surface area contributed by atoms with Gasteiger partial charge >= 0.3 is 0 Å². The van der Waals surface area contributed by atoms with Gasteiger partial charge in [0.2, 0.25) is 11.8 Å². The molecule has 3 rings (SSSR count). The highest BCUT2D eigenvalue weighted by Gasteiger charge is 2.33. The maximum Gasteiger partial charge on any atom is 0.264 e. The molecule has 1 atom stereocenters. The van der Waals surface area contributed by atoms with Crippen LogP contribution in [-0.4, -0.2) is 57.1 Å². The summed E-state index contributed by atoms with van der Waals surface area (Å²) in [6.07, 6.45) is 2.86. The number of rotatable bonds is 13. The van der Waals surface area contributed by atoms with Crippen LogP contribution in [0.5, 0.6) is 0 Å². The molecule has 0 aromatic heterocycles. The molecule has 2 amide bonds. The summed E-state index contributed by atoms with van der Waals surface area (Å²) in [4.78, 5) is 29.5. The fraction of sp³-hybridized carbons (Fsp3) is 0.333. The molecular formula is C30H37N3O4S2. The molecule has 0 radical (unpaired) electrons. The number of anilines is 1. The summed E-state index contributed by atoms with van der Waals surface area (Å²) in [5, 5.41) is 2.82. The van der Waals surface area contributed by atoms with Crippen LogP contribution in [0.4, 0.5) is 5.69 Å². The highest BCUT2D eigenvalue weighted by atomic mass is 32.2. The lowest BCUT2D eigenvalue weighted by atomic mass is 10.1. The Morgan fingerprint density at radius 1 is 0.923 bits per heavy atom. The van der Waals surface area contributed by atoms with Crippen molar-refractivity contribution in [3.63, 3.8) is 0 Å². The van der Waals surface area contributed by atoms with E-state index in [2.05, 4.69) is 5.32 Å². The number of benzene rings is 3. The molecule has 0 saturated heterocycles. The van der Waals surface area contributed by atoms with Crippen molar-refractivity contribution in [2.24, 2.45) is 0 Å². The number of thioether (sulfide) groups is 1. The number of nitrogens with one attached hydrogen (secondary N) is 1. The van der Waals surface area contributed by atoms with Crippen molar-refractivity contribution in [2.45, 2.75) is 49.4 Å². The van der Waals surface area contributed by atoms with Crippen LogP contribution in [0.25, 0.3) is 0 Å². The van der Waals surface area contributed by atoms with Crippen molar-refractivity contribution >= 4 is 39.3 Å². The van der Waals surface area contributed by atoms with E-state index in [4.69, 9.17) is 0 Å². The molecule has 9 heteroatoms. The van der Waals surface area contributed by atoms with Gasteiger partial charge in [-0.3, -0.25) is 13.9 Å². The lowest BCUT2D eigenvalue weighted by Crippen LogP contribution is -2.53. The summed E-state index contributed by atoms with van der Waals surface area (Å²) in [7, 11) is -4.07. The third kappa shape index (κ3) is 7.86. The average Bonchev–Trinajstić information content (AvgIpc) is 2.95. The molecule has 0 aliphatic carbocycles. The fourth-order valence-corrected chi connectivity index (χ4v) is 6.13. The fourth-order valence-electron chi connectivity index (χ4n) is 4.30. The Hall–Kier alpha value is -3.30. The van der Waals surface area contributed by atoms with E-state index in [1.165, 1.54) is 16.7 Å². The summed E-state index contributed by atoms with van der Waals surface area (Å²) >= 11 is 1.52. The number of likely N-dealkylation sites (N-methyl/N-ethyl adjacent to an activating group) is 1. The molecule has 1 N–H and O–H groups in total. The Bertz CT molecular complexity index is 1330. The molecule has 0 heterocycles. The van der Waals surface area contributed by atoms with Crippen LogP contribution in [0.15, 0.2) is 88.7 Å². The van der Waals surface area contributed by atoms with Crippen LogP contribution in [-0.2, 0) is 26.0 Å². The van der Waals surface area contributed by atoms with Gasteiger partial charge < -0.3 is 10.2 Å². The second-order valence-electron chi connectivity index (χ2n) is 9.16. The number of carbonyl (C=O) groups is 2. The zero-order chi connectivity index (χ0) is 28.4. The van der Waals surface area contributed by atoms with Crippen molar-refractivity contribution in [1.82, 2.24) is 10.2 Å². The van der Waals surface area contributed by atoms with Gasteiger partial charge in [0, 0.05) is 18.0 Å². The van der Waals surface area contributed by atoms with Crippen molar-refractivity contribution in [2.75, 3.05) is 30.2 Å². The molecule has 0 aliphatic rings. The molecule has 0 bridgehead atoms. The second kappa shape index (κ2) is 14.2. The van der Waals surface area contributed by atoms with Gasteiger partial charge in [-0.25, -0.2) is 8.42 Å². The number of amides is 2. The number of sulfonamides is 1. The van der Waals surface area contributed by atoms with E-state index in [0.29, 0.717) is 25.1 Å². The van der Waals surface area contributed by atoms with E-state index in [1.54, 1.807) is 36.4 Å². The van der Waals surface area contributed by atoms with Gasteiger partial charge in [0.25, 0.3) is 10.0 Å². The van der Waals surface area contributed by atoms with Crippen LogP contribution >= 0.6 is 11.8 Å². The number of carbonyl (C=O) groups excluding carboxylic acids is 2. The van der Waals surface area contributed by atoms with Crippen LogP contribution in [0.3, 0.4) is 0 Å². The van der Waals surface area contributed by atoms with Gasteiger partial charge in [0.05, 0.1) is 10.6 Å². The van der Waals surface area contributed by atoms with Crippen molar-refractivity contribution < 1.29 is 18.0 Å². The number of aryl methyl sites for hydroxylation is 1. The molecule has 7 nitrogen and oxygen atoms in total. The minimum atomic E-state index is -4.07. The normalized spacial score (nSPS) is 12.0. The maximum absolute atomic E-state index is 13.9. The Labute approximate surface area is 236 Å². The van der Waals surface area contributed by atoms with Gasteiger partial charge in [0.15, 0.2) is 0 Å². The van der Waals surface area contributed by atoms with Crippen molar-refractivity contribution in [3.05, 3.63) is 90.0 Å². The van der Waals surface area contributed by atoms with Crippen LogP contribution in [0.1, 0.15) is 31.4 Å². The minimum Gasteiger partial charge on any atom is -0.355 e. The van der Waals surface area contributed by atoms with Crippen LogP contribution < -0.4 is 9.62 Å². The Balaban J connectivity index is 2.00. The van der Waals surface area contributed by atoms with Crippen LogP contribution in [0.2, 0.25) is 0 Å². The first-order valence-electron chi connectivity index (χ1n) is 13.1. The number of hydrogen-bond acceptors (Lipinski definition) is 5. The molecule has 3 aromatic carbocycles. The molecule has 0 fully saturated rings. The summed E-state index contributed by atoms with van der Waals surface area (Å²) in [6, 6.07) is 22.6. The molecule has 0 saturated carbocycles. The van der Waals surface area contributed by atoms with Crippen LogP contribution in [0, 0.1) is 6.92 Å². The number of nitrogens with zero attached hydrogens (tertiary/aromatic N) is 2. The SMILES string of the molecule is CCNC(=O)C(CC)N(CCc1ccccc1)C(=O)CN(c1ccc(C)cc1)S(=O)(=O)c1ccc(SC)cc1. The Morgan fingerprint density at radius 3 is 2.13 bits per heavy atom.